The van der Waals surface area contributed by atoms with E-state index in [0.717, 1.165) is 18.2 Å². The maximum absolute atomic E-state index is 12.9. The van der Waals surface area contributed by atoms with E-state index in [1.54, 1.807) is 0 Å². The van der Waals surface area contributed by atoms with E-state index in [1.165, 1.54) is 12.3 Å². The van der Waals surface area contributed by atoms with Gasteiger partial charge in [-0.2, -0.15) is 0 Å². The number of ether oxygens (including phenoxy) is 1. The normalized spacial score (nSPS) is 10.4. The first-order chi connectivity index (χ1) is 8.54. The van der Waals surface area contributed by atoms with Crippen molar-refractivity contribution in [1.82, 2.24) is 4.98 Å². The number of rotatable bonds is 3. The number of nitrogens with zero attached hydrogens (tertiary/aromatic N) is 1. The van der Waals surface area contributed by atoms with Crippen LogP contribution in [-0.2, 0) is 6.61 Å². The molecule has 0 spiro atoms. The molecule has 1 aromatic heterocycles. The van der Waals surface area contributed by atoms with Gasteiger partial charge in [0.05, 0.1) is 5.02 Å². The molecule has 1 aromatic carbocycles. The van der Waals surface area contributed by atoms with Gasteiger partial charge in [-0.3, -0.25) is 0 Å². The van der Waals surface area contributed by atoms with Crippen molar-refractivity contribution in [3.63, 3.8) is 0 Å². The Balaban J connectivity index is 2.11. The first-order valence-corrected chi connectivity index (χ1v) is 5.69. The van der Waals surface area contributed by atoms with E-state index in [-0.39, 0.29) is 17.5 Å². The van der Waals surface area contributed by atoms with Gasteiger partial charge < -0.3 is 4.74 Å². The van der Waals surface area contributed by atoms with Crippen LogP contribution in [0.2, 0.25) is 10.2 Å². The minimum atomic E-state index is -0.703. The zero-order chi connectivity index (χ0) is 13.1. The molecule has 2 nitrogen and oxygen atoms in total. The summed E-state index contributed by atoms with van der Waals surface area (Å²) in [7, 11) is 0. The fraction of sp³-hybridized carbons (Fsp3) is 0.0833. The van der Waals surface area contributed by atoms with Gasteiger partial charge in [-0.05, 0) is 6.07 Å². The van der Waals surface area contributed by atoms with E-state index in [2.05, 4.69) is 4.98 Å². The Morgan fingerprint density at radius 2 is 1.72 bits per heavy atom. The number of benzene rings is 1. The fourth-order valence-corrected chi connectivity index (χ4v) is 1.74. The first-order valence-electron chi connectivity index (χ1n) is 4.93. The standard InChI is InChI=1S/C12H7Cl2F2NO/c13-11-4-12(14)17-5-7(11)6-18-10-2-8(15)1-9(16)3-10/h1-5H,6H2. The minimum Gasteiger partial charge on any atom is -0.489 e. The van der Waals surface area contributed by atoms with E-state index in [4.69, 9.17) is 27.9 Å². The maximum Gasteiger partial charge on any atom is 0.130 e. The Labute approximate surface area is 112 Å². The van der Waals surface area contributed by atoms with Crippen molar-refractivity contribution in [2.75, 3.05) is 0 Å². The summed E-state index contributed by atoms with van der Waals surface area (Å²) in [4.78, 5) is 3.84. The van der Waals surface area contributed by atoms with Gasteiger partial charge in [0.2, 0.25) is 0 Å². The topological polar surface area (TPSA) is 22.1 Å². The molecule has 1 heterocycles. The summed E-state index contributed by atoms with van der Waals surface area (Å²) < 4.78 is 31.0. The summed E-state index contributed by atoms with van der Waals surface area (Å²) in [5.74, 6) is -1.32. The molecule has 0 N–H and O–H groups in total. The third-order valence-corrected chi connectivity index (χ3v) is 2.69. The lowest BCUT2D eigenvalue weighted by molar-refractivity contribution is 0.302. The first kappa shape index (κ1) is 13.1. The van der Waals surface area contributed by atoms with Crippen LogP contribution in [0.5, 0.6) is 5.75 Å². The molecule has 0 unspecified atom stereocenters. The fourth-order valence-electron chi connectivity index (χ4n) is 1.31. The molecule has 0 aliphatic rings. The lowest BCUT2D eigenvalue weighted by Gasteiger charge is -2.07. The van der Waals surface area contributed by atoms with Crippen LogP contribution in [0.15, 0.2) is 30.5 Å². The highest BCUT2D eigenvalue weighted by atomic mass is 35.5. The van der Waals surface area contributed by atoms with Crippen LogP contribution in [0.1, 0.15) is 5.56 Å². The van der Waals surface area contributed by atoms with E-state index in [1.807, 2.05) is 0 Å². The molecule has 0 aliphatic heterocycles. The Hall–Kier alpha value is -1.39. The van der Waals surface area contributed by atoms with E-state index in [9.17, 15) is 8.78 Å². The van der Waals surface area contributed by atoms with Crippen molar-refractivity contribution in [3.05, 3.63) is 57.8 Å². The van der Waals surface area contributed by atoms with Crippen LogP contribution in [0.3, 0.4) is 0 Å². The summed E-state index contributed by atoms with van der Waals surface area (Å²) in [5.41, 5.74) is 0.575. The lowest BCUT2D eigenvalue weighted by atomic mass is 10.3. The number of hydrogen-bond acceptors (Lipinski definition) is 2. The van der Waals surface area contributed by atoms with Gasteiger partial charge in [0, 0.05) is 30.0 Å². The molecule has 94 valence electrons. The third-order valence-electron chi connectivity index (χ3n) is 2.13. The highest BCUT2D eigenvalue weighted by Crippen LogP contribution is 2.21. The van der Waals surface area contributed by atoms with Gasteiger partial charge in [0.25, 0.3) is 0 Å². The maximum atomic E-state index is 12.9. The van der Waals surface area contributed by atoms with Crippen LogP contribution in [0.25, 0.3) is 0 Å². The Kier molecular flexibility index (Phi) is 3.99. The quantitative estimate of drug-likeness (QED) is 0.788. The number of hydrogen-bond donors (Lipinski definition) is 0. The van der Waals surface area contributed by atoms with Crippen LogP contribution >= 0.6 is 23.2 Å². The molecule has 0 atom stereocenters. The van der Waals surface area contributed by atoms with Crippen LogP contribution in [-0.4, -0.2) is 4.98 Å². The molecule has 0 bridgehead atoms. The highest BCUT2D eigenvalue weighted by Gasteiger charge is 2.05. The Morgan fingerprint density at radius 3 is 2.33 bits per heavy atom. The van der Waals surface area contributed by atoms with Gasteiger partial charge in [0.1, 0.15) is 29.1 Å². The minimum absolute atomic E-state index is 0.0475. The van der Waals surface area contributed by atoms with Crippen LogP contribution in [0.4, 0.5) is 8.78 Å². The van der Waals surface area contributed by atoms with Crippen molar-refractivity contribution in [2.45, 2.75) is 6.61 Å². The zero-order valence-electron chi connectivity index (χ0n) is 8.96. The molecule has 18 heavy (non-hydrogen) atoms. The summed E-state index contributed by atoms with van der Waals surface area (Å²) in [5, 5.41) is 0.646. The SMILES string of the molecule is Fc1cc(F)cc(OCc2cnc(Cl)cc2Cl)c1. The molecular formula is C12H7Cl2F2NO. The molecule has 0 saturated carbocycles. The summed E-state index contributed by atoms with van der Waals surface area (Å²) in [6.45, 7) is 0.0475. The number of aromatic nitrogens is 1. The lowest BCUT2D eigenvalue weighted by Crippen LogP contribution is -1.98. The predicted molar refractivity (Wildman–Crippen MR) is 64.9 cm³/mol. The smallest absolute Gasteiger partial charge is 0.130 e. The average molecular weight is 290 g/mol. The molecular weight excluding hydrogens is 283 g/mol. The monoisotopic (exact) mass is 289 g/mol. The summed E-state index contributed by atoms with van der Waals surface area (Å²) in [6.07, 6.45) is 1.44. The third kappa shape index (κ3) is 3.31. The molecule has 0 fully saturated rings. The second-order valence-electron chi connectivity index (χ2n) is 3.49. The molecule has 0 amide bonds. The van der Waals surface area contributed by atoms with Gasteiger partial charge >= 0.3 is 0 Å². The Morgan fingerprint density at radius 1 is 1.06 bits per heavy atom. The predicted octanol–water partition coefficient (Wildman–Crippen LogP) is 4.25. The van der Waals surface area contributed by atoms with Crippen molar-refractivity contribution in [2.24, 2.45) is 0 Å². The van der Waals surface area contributed by atoms with Crippen molar-refractivity contribution < 1.29 is 13.5 Å². The van der Waals surface area contributed by atoms with Crippen LogP contribution in [0, 0.1) is 11.6 Å². The second-order valence-corrected chi connectivity index (χ2v) is 4.29. The van der Waals surface area contributed by atoms with Crippen molar-refractivity contribution in [3.8, 4) is 5.75 Å². The molecule has 0 aliphatic carbocycles. The summed E-state index contributed by atoms with van der Waals surface area (Å²) in [6, 6.07) is 4.40. The largest absolute Gasteiger partial charge is 0.489 e. The molecule has 2 aromatic rings. The van der Waals surface area contributed by atoms with Gasteiger partial charge in [0.15, 0.2) is 0 Å². The van der Waals surface area contributed by atoms with E-state index < -0.39 is 11.6 Å². The molecule has 0 saturated heterocycles. The highest BCUT2D eigenvalue weighted by molar-refractivity contribution is 6.34. The van der Waals surface area contributed by atoms with Gasteiger partial charge in [-0.15, -0.1) is 0 Å². The van der Waals surface area contributed by atoms with Gasteiger partial charge in [-0.25, -0.2) is 13.8 Å². The number of halogens is 4. The van der Waals surface area contributed by atoms with Crippen molar-refractivity contribution >= 4 is 23.2 Å². The number of pyridine rings is 1. The van der Waals surface area contributed by atoms with E-state index >= 15 is 0 Å². The van der Waals surface area contributed by atoms with E-state index in [0.29, 0.717) is 10.6 Å². The molecule has 2 rings (SSSR count). The second kappa shape index (κ2) is 5.50. The Bertz CT molecular complexity index is 558. The van der Waals surface area contributed by atoms with Crippen LogP contribution < -0.4 is 4.74 Å². The molecule has 6 heteroatoms. The average Bonchev–Trinajstić information content (AvgIpc) is 2.26. The zero-order valence-corrected chi connectivity index (χ0v) is 10.5. The molecule has 0 radical (unpaired) electrons. The summed E-state index contributed by atoms with van der Waals surface area (Å²) >= 11 is 11.5. The van der Waals surface area contributed by atoms with Gasteiger partial charge in [-0.1, -0.05) is 23.2 Å². The van der Waals surface area contributed by atoms with Crippen molar-refractivity contribution in [1.29, 1.82) is 0 Å².